The van der Waals surface area contributed by atoms with Gasteiger partial charge in [0, 0.05) is 6.42 Å². The third-order valence-electron chi connectivity index (χ3n) is 12.1. The van der Waals surface area contributed by atoms with E-state index in [1.807, 2.05) is 0 Å². The highest BCUT2D eigenvalue weighted by atomic mass is 16.4. The number of unbranched alkanes of at least 4 members (excludes halogenated alkanes) is 6. The lowest BCUT2D eigenvalue weighted by Crippen LogP contribution is -2.23. The van der Waals surface area contributed by atoms with Crippen molar-refractivity contribution in [3.05, 3.63) is 166 Å². The number of carbonyl (C=O) groups is 1. The van der Waals surface area contributed by atoms with Crippen molar-refractivity contribution in [2.24, 2.45) is 10.8 Å². The molecule has 0 spiro atoms. The van der Waals surface area contributed by atoms with Crippen molar-refractivity contribution in [2.75, 3.05) is 0 Å². The molecular weight excluding hydrogens is 729 g/mol. The summed E-state index contributed by atoms with van der Waals surface area (Å²) in [5, 5.41) is 8.70. The minimum Gasteiger partial charge on any atom is -0.481 e. The first-order chi connectivity index (χ1) is 28.7. The third kappa shape index (κ3) is 23.0. The summed E-state index contributed by atoms with van der Waals surface area (Å²) in [5.41, 5.74) is 11.7. The van der Waals surface area contributed by atoms with E-state index in [4.69, 9.17) is 5.11 Å². The van der Waals surface area contributed by atoms with Gasteiger partial charge in [0.1, 0.15) is 0 Å². The third-order valence-corrected chi connectivity index (χ3v) is 12.1. The van der Waals surface area contributed by atoms with Crippen LogP contribution in [-0.2, 0) is 4.79 Å². The van der Waals surface area contributed by atoms with Crippen LogP contribution in [0.2, 0.25) is 0 Å². The quantitative estimate of drug-likeness (QED) is 0.0537. The number of hydrogen-bond acceptors (Lipinski definition) is 1. The fourth-order valence-electron chi connectivity index (χ4n) is 8.37. The molecule has 60 heavy (non-hydrogen) atoms. The smallest absolute Gasteiger partial charge is 0.303 e. The first kappa shape index (κ1) is 52.0. The van der Waals surface area contributed by atoms with Crippen LogP contribution in [0.3, 0.4) is 0 Å². The molecule has 2 nitrogen and oxygen atoms in total. The summed E-state index contributed by atoms with van der Waals surface area (Å²) in [6, 6.07) is 0. The molecule has 2 aliphatic rings. The molecule has 0 amide bonds. The van der Waals surface area contributed by atoms with Gasteiger partial charge in [-0.1, -0.05) is 195 Å². The Bertz CT molecular complexity index is 1760. The van der Waals surface area contributed by atoms with Crippen molar-refractivity contribution >= 4 is 5.97 Å². The fourth-order valence-corrected chi connectivity index (χ4v) is 8.37. The van der Waals surface area contributed by atoms with Crippen LogP contribution >= 0.6 is 0 Å². The van der Waals surface area contributed by atoms with Crippen molar-refractivity contribution in [1.29, 1.82) is 0 Å². The molecule has 0 bridgehead atoms. The summed E-state index contributed by atoms with van der Waals surface area (Å²) in [5.74, 6) is -0.679. The predicted molar refractivity (Wildman–Crippen MR) is 266 cm³/mol. The van der Waals surface area contributed by atoms with Crippen molar-refractivity contribution < 1.29 is 9.90 Å². The minimum atomic E-state index is -0.679. The van der Waals surface area contributed by atoms with Gasteiger partial charge < -0.3 is 5.11 Å². The molecule has 0 aromatic rings. The largest absolute Gasteiger partial charge is 0.481 e. The van der Waals surface area contributed by atoms with Gasteiger partial charge in [0.25, 0.3) is 0 Å². The summed E-state index contributed by atoms with van der Waals surface area (Å²) in [7, 11) is 0. The van der Waals surface area contributed by atoms with Crippen LogP contribution in [0.1, 0.15) is 178 Å². The molecule has 0 aromatic heterocycles. The average molecular weight is 813 g/mol. The second-order valence-electron chi connectivity index (χ2n) is 18.4. The number of aliphatic carboxylic acids is 1. The molecule has 0 saturated carbocycles. The second kappa shape index (κ2) is 30.0. The Labute approximate surface area is 369 Å². The van der Waals surface area contributed by atoms with E-state index >= 15 is 0 Å². The van der Waals surface area contributed by atoms with Crippen molar-refractivity contribution in [2.45, 2.75) is 178 Å². The zero-order valence-electron chi connectivity index (χ0n) is 39.6. The average Bonchev–Trinajstić information content (AvgIpc) is 3.18. The Morgan fingerprint density at radius 1 is 0.550 bits per heavy atom. The molecule has 1 atom stereocenters. The SMILES string of the molecule is CC1=C(/C=C/C(C)=C/C=C/C(C)=C/C=C/C=C(C)/C=C/C=C(C)/C=C/C2=C(C)CCC[C@]2(C)CCC/C=C\C/C=C\C/C=C\CCCCCCCC(=O)O)C(C)(C)CCC1. The van der Waals surface area contributed by atoms with Crippen LogP contribution in [0.4, 0.5) is 0 Å². The molecule has 0 unspecified atom stereocenters. The lowest BCUT2D eigenvalue weighted by atomic mass is 9.68. The molecule has 328 valence electrons. The van der Waals surface area contributed by atoms with Crippen LogP contribution in [0, 0.1) is 10.8 Å². The molecular formula is C58H84O2. The number of carboxylic acids is 1. The molecule has 2 rings (SSSR count). The predicted octanol–water partition coefficient (Wildman–Crippen LogP) is 18.0. The van der Waals surface area contributed by atoms with Crippen molar-refractivity contribution in [3.63, 3.8) is 0 Å². The van der Waals surface area contributed by atoms with E-state index < -0.39 is 5.97 Å². The molecule has 0 heterocycles. The van der Waals surface area contributed by atoms with E-state index in [2.05, 4.69) is 184 Å². The van der Waals surface area contributed by atoms with E-state index in [1.165, 1.54) is 92.1 Å². The molecule has 2 aliphatic carbocycles. The molecule has 0 aliphatic heterocycles. The van der Waals surface area contributed by atoms with Gasteiger partial charge in [0.15, 0.2) is 0 Å². The van der Waals surface area contributed by atoms with E-state index in [1.54, 1.807) is 16.7 Å². The maximum absolute atomic E-state index is 10.6. The van der Waals surface area contributed by atoms with Gasteiger partial charge in [-0.2, -0.15) is 0 Å². The first-order valence-electron chi connectivity index (χ1n) is 23.4. The highest BCUT2D eigenvalue weighted by Crippen LogP contribution is 2.45. The standard InChI is InChI=1S/C58H84O2/c1-48(34-28-36-50(3)41-43-54-52(5)38-30-45-57(54,7)8)32-25-26-33-49(2)35-29-37-51(4)42-44-55-53(6)39-31-47-58(55,9)46-27-23-21-19-17-15-13-11-10-12-14-16-18-20-22-24-40-56(59)60/h10,12-13,15,19,21,25-26,28-29,32-37,41-44H,11,14,16-18,20,22-24,27,30-31,38-40,45-47H2,1-9H3,(H,59,60)/b12-10-,15-13-,21-19-,26-25+,34-28+,35-29+,43-41+,44-42+,48-32+,49-33+,50-36+,51-37+/t58-/m0/s1. The number of rotatable bonds is 26. The summed E-state index contributed by atoms with van der Waals surface area (Å²) in [4.78, 5) is 10.6. The van der Waals surface area contributed by atoms with E-state index in [0.717, 1.165) is 44.9 Å². The van der Waals surface area contributed by atoms with Gasteiger partial charge in [0.05, 0.1) is 0 Å². The highest BCUT2D eigenvalue weighted by Gasteiger charge is 2.31. The van der Waals surface area contributed by atoms with Crippen LogP contribution in [0.25, 0.3) is 0 Å². The number of allylic oxidation sites excluding steroid dienone is 28. The summed E-state index contributed by atoms with van der Waals surface area (Å²) in [6.07, 6.45) is 64.7. The Balaban J connectivity index is 1.76. The molecule has 1 N–H and O–H groups in total. The van der Waals surface area contributed by atoms with Crippen LogP contribution in [-0.4, -0.2) is 11.1 Å². The van der Waals surface area contributed by atoms with Crippen LogP contribution < -0.4 is 0 Å². The topological polar surface area (TPSA) is 37.3 Å². The Morgan fingerprint density at radius 3 is 1.57 bits per heavy atom. The minimum absolute atomic E-state index is 0.250. The lowest BCUT2D eigenvalue weighted by molar-refractivity contribution is -0.137. The lowest BCUT2D eigenvalue weighted by Gasteiger charge is -2.37. The number of hydrogen-bond donors (Lipinski definition) is 1. The summed E-state index contributed by atoms with van der Waals surface area (Å²) >= 11 is 0. The van der Waals surface area contributed by atoms with Gasteiger partial charge >= 0.3 is 5.97 Å². The Kier molecular flexibility index (Phi) is 25.9. The van der Waals surface area contributed by atoms with Gasteiger partial charge in [-0.05, 0) is 153 Å². The Morgan fingerprint density at radius 2 is 1.00 bits per heavy atom. The van der Waals surface area contributed by atoms with Crippen molar-refractivity contribution in [3.8, 4) is 0 Å². The Hall–Kier alpha value is -4.17. The van der Waals surface area contributed by atoms with Crippen molar-refractivity contribution in [1.82, 2.24) is 0 Å². The van der Waals surface area contributed by atoms with E-state index in [0.29, 0.717) is 6.42 Å². The van der Waals surface area contributed by atoms with Gasteiger partial charge in [-0.15, -0.1) is 0 Å². The van der Waals surface area contributed by atoms with Gasteiger partial charge in [-0.25, -0.2) is 0 Å². The molecule has 2 heteroatoms. The second-order valence-corrected chi connectivity index (χ2v) is 18.4. The monoisotopic (exact) mass is 813 g/mol. The van der Waals surface area contributed by atoms with E-state index in [9.17, 15) is 4.79 Å². The highest BCUT2D eigenvalue weighted by molar-refractivity contribution is 5.66. The maximum Gasteiger partial charge on any atom is 0.303 e. The first-order valence-corrected chi connectivity index (χ1v) is 23.4. The summed E-state index contributed by atoms with van der Waals surface area (Å²) < 4.78 is 0. The van der Waals surface area contributed by atoms with Gasteiger partial charge in [0.2, 0.25) is 0 Å². The fraction of sp³-hybridized carbons (Fsp3) is 0.500. The zero-order chi connectivity index (χ0) is 44.1. The normalized spacial score (nSPS) is 20.6. The van der Waals surface area contributed by atoms with Crippen LogP contribution in [0.5, 0.6) is 0 Å². The number of carboxylic acid groups (broad SMARTS) is 1. The molecule has 0 aromatic carbocycles. The van der Waals surface area contributed by atoms with E-state index in [-0.39, 0.29) is 10.8 Å². The zero-order valence-corrected chi connectivity index (χ0v) is 39.6. The van der Waals surface area contributed by atoms with Gasteiger partial charge in [-0.3, -0.25) is 4.79 Å². The molecule has 0 fully saturated rings. The molecule has 0 radical (unpaired) electrons. The summed E-state index contributed by atoms with van der Waals surface area (Å²) in [6.45, 7) is 20.5. The van der Waals surface area contributed by atoms with Crippen LogP contribution in [0.15, 0.2) is 166 Å². The molecule has 0 saturated heterocycles. The maximum atomic E-state index is 10.6.